The number of nitrogens with one attached hydrogen (secondary N) is 1. The Morgan fingerprint density at radius 3 is 2.64 bits per heavy atom. The van der Waals surface area contributed by atoms with Gasteiger partial charge in [-0.3, -0.25) is 0 Å². The Balaban J connectivity index is 2.36. The summed E-state index contributed by atoms with van der Waals surface area (Å²) in [6.07, 6.45) is 4.02. The summed E-state index contributed by atoms with van der Waals surface area (Å²) in [6.45, 7) is 6.68. The van der Waals surface area contributed by atoms with E-state index in [9.17, 15) is 0 Å². The van der Waals surface area contributed by atoms with Crippen molar-refractivity contribution in [2.45, 2.75) is 19.3 Å². The van der Waals surface area contributed by atoms with Gasteiger partial charge in [-0.15, -0.1) is 0 Å². The molecule has 1 aromatic heterocycles. The van der Waals surface area contributed by atoms with Crippen LogP contribution in [0.25, 0.3) is 0 Å². The van der Waals surface area contributed by atoms with E-state index in [-0.39, 0.29) is 10.8 Å². The number of aromatic nitrogens is 1. The lowest BCUT2D eigenvalue weighted by Crippen LogP contribution is -2.59. The third kappa shape index (κ3) is 1.12. The molecule has 0 saturated carbocycles. The minimum Gasteiger partial charge on any atom is -0.379 e. The van der Waals surface area contributed by atoms with Crippen LogP contribution in [0.2, 0.25) is 0 Å². The van der Waals surface area contributed by atoms with Gasteiger partial charge in [-0.1, -0.05) is 13.8 Å². The van der Waals surface area contributed by atoms with Crippen LogP contribution in [0.4, 0.5) is 0 Å². The second kappa shape index (κ2) is 3.11. The van der Waals surface area contributed by atoms with Crippen molar-refractivity contribution in [3.05, 3.63) is 24.0 Å². The van der Waals surface area contributed by atoms with Crippen LogP contribution in [0.15, 0.2) is 18.5 Å². The van der Waals surface area contributed by atoms with Crippen LogP contribution in [0.1, 0.15) is 19.4 Å². The molecule has 3 nitrogen and oxygen atoms in total. The maximum atomic E-state index is 5.84. The molecule has 2 heterocycles. The molecule has 0 bridgehead atoms. The Morgan fingerprint density at radius 2 is 2.29 bits per heavy atom. The lowest BCUT2D eigenvalue weighted by atomic mass is 9.61. The zero-order valence-corrected chi connectivity index (χ0v) is 8.84. The number of ether oxygens (including phenoxy) is 1. The summed E-state index contributed by atoms with van der Waals surface area (Å²) in [7, 11) is 0. The van der Waals surface area contributed by atoms with Crippen molar-refractivity contribution >= 4 is 0 Å². The van der Waals surface area contributed by atoms with Crippen molar-refractivity contribution in [2.75, 3.05) is 19.8 Å². The van der Waals surface area contributed by atoms with Crippen molar-refractivity contribution in [1.29, 1.82) is 0 Å². The van der Waals surface area contributed by atoms with Crippen molar-refractivity contribution in [2.24, 2.45) is 11.1 Å². The van der Waals surface area contributed by atoms with E-state index in [2.05, 4.69) is 31.1 Å². The van der Waals surface area contributed by atoms with Crippen molar-refractivity contribution in [3.63, 3.8) is 0 Å². The highest BCUT2D eigenvalue weighted by Crippen LogP contribution is 2.46. The molecule has 0 spiro atoms. The quantitative estimate of drug-likeness (QED) is 0.761. The molecule has 0 unspecified atom stereocenters. The first-order chi connectivity index (χ1) is 6.62. The number of aromatic amines is 1. The summed E-state index contributed by atoms with van der Waals surface area (Å²) in [6, 6.07) is 2.12. The fourth-order valence-corrected chi connectivity index (χ4v) is 2.07. The van der Waals surface area contributed by atoms with Gasteiger partial charge in [-0.05, 0) is 23.6 Å². The van der Waals surface area contributed by atoms with Crippen LogP contribution < -0.4 is 5.73 Å². The van der Waals surface area contributed by atoms with Crippen LogP contribution in [0, 0.1) is 5.41 Å². The highest BCUT2D eigenvalue weighted by molar-refractivity contribution is 5.29. The van der Waals surface area contributed by atoms with Gasteiger partial charge >= 0.3 is 0 Å². The van der Waals surface area contributed by atoms with Gasteiger partial charge in [0.1, 0.15) is 0 Å². The molecule has 1 aliphatic rings. The van der Waals surface area contributed by atoms with Gasteiger partial charge in [0, 0.05) is 17.8 Å². The topological polar surface area (TPSA) is 51.0 Å². The Morgan fingerprint density at radius 1 is 1.57 bits per heavy atom. The van der Waals surface area contributed by atoms with Crippen LogP contribution >= 0.6 is 0 Å². The Labute approximate surface area is 84.6 Å². The van der Waals surface area contributed by atoms with Gasteiger partial charge in [-0.2, -0.15) is 0 Å². The summed E-state index contributed by atoms with van der Waals surface area (Å²) in [4.78, 5) is 3.10. The minimum atomic E-state index is 0.0907. The fourth-order valence-electron chi connectivity index (χ4n) is 2.07. The molecule has 1 aliphatic heterocycles. The van der Waals surface area contributed by atoms with E-state index in [0.717, 1.165) is 13.2 Å². The number of H-pyrrole nitrogens is 1. The maximum Gasteiger partial charge on any atom is 0.0591 e. The molecule has 0 aliphatic carbocycles. The van der Waals surface area contributed by atoms with Crippen LogP contribution in [-0.4, -0.2) is 24.7 Å². The summed E-state index contributed by atoms with van der Waals surface area (Å²) in [5.41, 5.74) is 7.36. The van der Waals surface area contributed by atoms with Crippen molar-refractivity contribution in [1.82, 2.24) is 4.98 Å². The fraction of sp³-hybridized carbons (Fsp3) is 0.636. The average molecular weight is 194 g/mol. The van der Waals surface area contributed by atoms with Gasteiger partial charge < -0.3 is 15.5 Å². The normalized spacial score (nSPS) is 20.5. The monoisotopic (exact) mass is 194 g/mol. The highest BCUT2D eigenvalue weighted by atomic mass is 16.5. The standard InChI is InChI=1S/C11H18N2O/c1-10(2,6-12)11(7-14-8-11)9-3-4-13-5-9/h3-5,13H,6-8,12H2,1-2H3. The molecule has 1 fully saturated rings. The van der Waals surface area contributed by atoms with Gasteiger partial charge in [0.15, 0.2) is 0 Å². The van der Waals surface area contributed by atoms with Crippen LogP contribution in [-0.2, 0) is 10.2 Å². The molecule has 3 N–H and O–H groups in total. The van der Waals surface area contributed by atoms with Crippen LogP contribution in [0.5, 0.6) is 0 Å². The van der Waals surface area contributed by atoms with E-state index < -0.39 is 0 Å². The number of nitrogens with two attached hydrogens (primary N) is 1. The van der Waals surface area contributed by atoms with Gasteiger partial charge in [-0.25, -0.2) is 0 Å². The first-order valence-corrected chi connectivity index (χ1v) is 5.03. The van der Waals surface area contributed by atoms with Gasteiger partial charge in [0.25, 0.3) is 0 Å². The van der Waals surface area contributed by atoms with Crippen molar-refractivity contribution < 1.29 is 4.74 Å². The summed E-state index contributed by atoms with van der Waals surface area (Å²) in [5.74, 6) is 0. The molecule has 0 radical (unpaired) electrons. The predicted octanol–water partition coefficient (Wildman–Crippen LogP) is 1.27. The van der Waals surface area contributed by atoms with Gasteiger partial charge in [0.2, 0.25) is 0 Å². The van der Waals surface area contributed by atoms with E-state index in [4.69, 9.17) is 10.5 Å². The van der Waals surface area contributed by atoms with E-state index in [1.807, 2.05) is 6.20 Å². The molecule has 1 saturated heterocycles. The Hall–Kier alpha value is -0.800. The molecule has 0 amide bonds. The second-order valence-electron chi connectivity index (χ2n) is 4.76. The Bertz CT molecular complexity index is 299. The SMILES string of the molecule is CC(C)(CN)C1(c2cc[nH]c2)COC1. The summed E-state index contributed by atoms with van der Waals surface area (Å²) in [5, 5.41) is 0. The molecule has 0 aromatic carbocycles. The third-order valence-electron chi connectivity index (χ3n) is 3.65. The van der Waals surface area contributed by atoms with E-state index >= 15 is 0 Å². The number of hydrogen-bond acceptors (Lipinski definition) is 2. The average Bonchev–Trinajstić information content (AvgIpc) is 2.55. The molecular formula is C11H18N2O. The highest BCUT2D eigenvalue weighted by Gasteiger charge is 2.51. The molecule has 78 valence electrons. The zero-order valence-electron chi connectivity index (χ0n) is 8.84. The molecule has 1 aromatic rings. The molecule has 0 atom stereocenters. The van der Waals surface area contributed by atoms with E-state index in [1.54, 1.807) is 0 Å². The predicted molar refractivity (Wildman–Crippen MR) is 56.1 cm³/mol. The smallest absolute Gasteiger partial charge is 0.0591 e. The largest absolute Gasteiger partial charge is 0.379 e. The minimum absolute atomic E-state index is 0.0907. The number of rotatable bonds is 3. The van der Waals surface area contributed by atoms with Crippen molar-refractivity contribution in [3.8, 4) is 0 Å². The maximum absolute atomic E-state index is 5.84. The summed E-state index contributed by atoms with van der Waals surface area (Å²) >= 11 is 0. The van der Waals surface area contributed by atoms with E-state index in [1.165, 1.54) is 5.56 Å². The lowest BCUT2D eigenvalue weighted by Gasteiger charge is -2.52. The zero-order chi connectivity index (χ0) is 10.2. The first-order valence-electron chi connectivity index (χ1n) is 5.03. The third-order valence-corrected chi connectivity index (χ3v) is 3.65. The first kappa shape index (κ1) is 9.74. The molecule has 14 heavy (non-hydrogen) atoms. The number of hydrogen-bond donors (Lipinski definition) is 2. The Kier molecular flexibility index (Phi) is 2.16. The molecule has 3 heteroatoms. The summed E-state index contributed by atoms with van der Waals surface area (Å²) < 4.78 is 5.38. The van der Waals surface area contributed by atoms with Crippen LogP contribution in [0.3, 0.4) is 0 Å². The lowest BCUT2D eigenvalue weighted by molar-refractivity contribution is -0.116. The van der Waals surface area contributed by atoms with E-state index in [0.29, 0.717) is 6.54 Å². The molecule has 2 rings (SSSR count). The second-order valence-corrected chi connectivity index (χ2v) is 4.76. The molecular weight excluding hydrogens is 176 g/mol. The van der Waals surface area contributed by atoms with Gasteiger partial charge in [0.05, 0.1) is 13.2 Å².